The molecular formula is C13H18ClN3O2. The van der Waals surface area contributed by atoms with E-state index in [1.165, 1.54) is 7.11 Å². The van der Waals surface area contributed by atoms with Gasteiger partial charge in [-0.15, -0.1) is 0 Å². The Kier molecular flexibility index (Phi) is 4.50. The molecular weight excluding hydrogens is 266 g/mol. The lowest BCUT2D eigenvalue weighted by molar-refractivity contribution is 0.166. The highest BCUT2D eigenvalue weighted by molar-refractivity contribution is 6.31. The van der Waals surface area contributed by atoms with Crippen LogP contribution in [0, 0.1) is 0 Å². The van der Waals surface area contributed by atoms with Crippen LogP contribution in [0.1, 0.15) is 12.0 Å². The first-order chi connectivity index (χ1) is 9.08. The second-order valence-electron chi connectivity index (χ2n) is 4.71. The maximum Gasteiger partial charge on any atom is 0.407 e. The van der Waals surface area contributed by atoms with E-state index < -0.39 is 0 Å². The van der Waals surface area contributed by atoms with E-state index in [1.54, 1.807) is 6.07 Å². The highest BCUT2D eigenvalue weighted by Gasteiger charge is 2.24. The molecule has 1 heterocycles. The lowest BCUT2D eigenvalue weighted by Crippen LogP contribution is -2.36. The van der Waals surface area contributed by atoms with Crippen molar-refractivity contribution in [2.45, 2.75) is 19.0 Å². The van der Waals surface area contributed by atoms with Crippen molar-refractivity contribution in [3.8, 4) is 0 Å². The van der Waals surface area contributed by atoms with Gasteiger partial charge in [0.25, 0.3) is 0 Å². The zero-order valence-corrected chi connectivity index (χ0v) is 11.6. The molecule has 6 heteroatoms. The Hall–Kier alpha value is -1.46. The fourth-order valence-corrected chi connectivity index (χ4v) is 2.50. The van der Waals surface area contributed by atoms with Gasteiger partial charge in [-0.1, -0.05) is 17.7 Å². The van der Waals surface area contributed by atoms with Crippen molar-refractivity contribution >= 4 is 23.4 Å². The van der Waals surface area contributed by atoms with Crippen LogP contribution in [0.5, 0.6) is 0 Å². The van der Waals surface area contributed by atoms with Crippen LogP contribution in [0.15, 0.2) is 18.2 Å². The maximum atomic E-state index is 11.1. The van der Waals surface area contributed by atoms with Crippen molar-refractivity contribution in [1.82, 2.24) is 10.2 Å². The zero-order chi connectivity index (χ0) is 13.8. The number of carbonyl (C=O) groups excluding carboxylic acids is 1. The van der Waals surface area contributed by atoms with Crippen LogP contribution in [0.2, 0.25) is 5.02 Å². The Morgan fingerprint density at radius 2 is 2.42 bits per heavy atom. The highest BCUT2D eigenvalue weighted by atomic mass is 35.5. The number of likely N-dealkylation sites (tertiary alicyclic amines) is 1. The first kappa shape index (κ1) is 14.0. The van der Waals surface area contributed by atoms with Gasteiger partial charge in [-0.3, -0.25) is 4.90 Å². The number of nitrogen functional groups attached to an aromatic ring is 1. The van der Waals surface area contributed by atoms with E-state index >= 15 is 0 Å². The summed E-state index contributed by atoms with van der Waals surface area (Å²) in [6.07, 6.45) is 0.541. The van der Waals surface area contributed by atoms with E-state index in [0.29, 0.717) is 10.7 Å². The average Bonchev–Trinajstić information content (AvgIpc) is 2.80. The molecule has 0 saturated carbocycles. The smallest absolute Gasteiger partial charge is 0.407 e. The molecule has 1 aromatic rings. The minimum absolute atomic E-state index is 0.139. The predicted octanol–water partition coefficient (Wildman–Crippen LogP) is 1.85. The summed E-state index contributed by atoms with van der Waals surface area (Å²) in [5.74, 6) is 0. The van der Waals surface area contributed by atoms with E-state index in [2.05, 4.69) is 15.0 Å². The van der Waals surface area contributed by atoms with Gasteiger partial charge in [0.2, 0.25) is 0 Å². The summed E-state index contributed by atoms with van der Waals surface area (Å²) >= 11 is 6.15. The van der Waals surface area contributed by atoms with Gasteiger partial charge in [0.1, 0.15) is 0 Å². The summed E-state index contributed by atoms with van der Waals surface area (Å²) < 4.78 is 4.59. The quantitative estimate of drug-likeness (QED) is 0.831. The largest absolute Gasteiger partial charge is 0.453 e. The number of nitrogens with two attached hydrogens (primary N) is 1. The lowest BCUT2D eigenvalue weighted by atomic mass is 10.2. The summed E-state index contributed by atoms with van der Waals surface area (Å²) in [5, 5.41) is 3.50. The van der Waals surface area contributed by atoms with Crippen molar-refractivity contribution in [3.05, 3.63) is 28.8 Å². The number of benzene rings is 1. The third kappa shape index (κ3) is 3.75. The first-order valence-corrected chi connectivity index (χ1v) is 6.57. The molecule has 0 aliphatic carbocycles. The molecule has 1 atom stereocenters. The van der Waals surface area contributed by atoms with Crippen LogP contribution in [0.3, 0.4) is 0 Å². The summed E-state index contributed by atoms with van der Waals surface area (Å²) in [6, 6.07) is 5.69. The van der Waals surface area contributed by atoms with Crippen LogP contribution < -0.4 is 11.1 Å². The number of hydrogen-bond acceptors (Lipinski definition) is 4. The number of ether oxygens (including phenoxy) is 1. The maximum absolute atomic E-state index is 11.1. The lowest BCUT2D eigenvalue weighted by Gasteiger charge is -2.17. The van der Waals surface area contributed by atoms with Crippen LogP contribution >= 0.6 is 11.6 Å². The molecule has 1 amide bonds. The van der Waals surface area contributed by atoms with Gasteiger partial charge in [0.05, 0.1) is 7.11 Å². The van der Waals surface area contributed by atoms with Crippen molar-refractivity contribution < 1.29 is 9.53 Å². The molecule has 1 aliphatic heterocycles. The van der Waals surface area contributed by atoms with Gasteiger partial charge in [-0.25, -0.2) is 4.79 Å². The van der Waals surface area contributed by atoms with Crippen LogP contribution in [-0.2, 0) is 11.3 Å². The minimum atomic E-state index is -0.377. The number of methoxy groups -OCH3 is 1. The molecule has 1 aromatic carbocycles. The van der Waals surface area contributed by atoms with Crippen LogP contribution in [-0.4, -0.2) is 37.2 Å². The van der Waals surface area contributed by atoms with E-state index in [-0.39, 0.29) is 12.1 Å². The Labute approximate surface area is 117 Å². The number of alkyl carbamates (subject to hydrolysis) is 1. The van der Waals surface area contributed by atoms with Crippen LogP contribution in [0.25, 0.3) is 0 Å². The van der Waals surface area contributed by atoms with Crippen molar-refractivity contribution in [3.63, 3.8) is 0 Å². The van der Waals surface area contributed by atoms with Gasteiger partial charge in [-0.05, 0) is 24.1 Å². The zero-order valence-electron chi connectivity index (χ0n) is 10.9. The molecule has 1 fully saturated rings. The number of hydrogen-bond donors (Lipinski definition) is 2. The van der Waals surface area contributed by atoms with Gasteiger partial charge in [0, 0.05) is 36.4 Å². The normalized spacial score (nSPS) is 19.4. The molecule has 2 rings (SSSR count). The monoisotopic (exact) mass is 283 g/mol. The van der Waals surface area contributed by atoms with Crippen molar-refractivity contribution in [1.29, 1.82) is 0 Å². The number of amides is 1. The van der Waals surface area contributed by atoms with E-state index in [0.717, 1.165) is 31.6 Å². The van der Waals surface area contributed by atoms with Gasteiger partial charge >= 0.3 is 6.09 Å². The molecule has 0 aromatic heterocycles. The molecule has 1 saturated heterocycles. The summed E-state index contributed by atoms with van der Waals surface area (Å²) in [7, 11) is 1.37. The molecule has 0 bridgehead atoms. The number of nitrogens with one attached hydrogen (secondary N) is 1. The Bertz CT molecular complexity index is 467. The molecule has 0 spiro atoms. The summed E-state index contributed by atoms with van der Waals surface area (Å²) in [6.45, 7) is 2.49. The molecule has 5 nitrogen and oxygen atoms in total. The number of halogens is 1. The van der Waals surface area contributed by atoms with E-state index in [1.807, 2.05) is 12.1 Å². The Morgan fingerprint density at radius 1 is 1.63 bits per heavy atom. The predicted molar refractivity (Wildman–Crippen MR) is 75.1 cm³/mol. The topological polar surface area (TPSA) is 67.6 Å². The highest BCUT2D eigenvalue weighted by Crippen LogP contribution is 2.22. The fourth-order valence-electron chi connectivity index (χ4n) is 2.25. The van der Waals surface area contributed by atoms with Gasteiger partial charge < -0.3 is 15.8 Å². The van der Waals surface area contributed by atoms with Crippen LogP contribution in [0.4, 0.5) is 10.5 Å². The average molecular weight is 284 g/mol. The molecule has 19 heavy (non-hydrogen) atoms. The molecule has 0 radical (unpaired) electrons. The SMILES string of the molecule is COC(=O)NC1CCN(Cc2ccc(N)cc2Cl)C1. The summed E-state index contributed by atoms with van der Waals surface area (Å²) in [5.41, 5.74) is 7.39. The molecule has 3 N–H and O–H groups in total. The van der Waals surface area contributed by atoms with Gasteiger partial charge in [0.15, 0.2) is 0 Å². The third-order valence-corrected chi connectivity index (χ3v) is 3.60. The second-order valence-corrected chi connectivity index (χ2v) is 5.11. The standard InChI is InChI=1S/C13H18ClN3O2/c1-19-13(18)16-11-4-5-17(8-11)7-9-2-3-10(15)6-12(9)14/h2-3,6,11H,4-5,7-8,15H2,1H3,(H,16,18). The summed E-state index contributed by atoms with van der Waals surface area (Å²) in [4.78, 5) is 13.4. The minimum Gasteiger partial charge on any atom is -0.453 e. The third-order valence-electron chi connectivity index (χ3n) is 3.25. The van der Waals surface area contributed by atoms with E-state index in [4.69, 9.17) is 17.3 Å². The fraction of sp³-hybridized carbons (Fsp3) is 0.462. The van der Waals surface area contributed by atoms with Gasteiger partial charge in [-0.2, -0.15) is 0 Å². The number of nitrogens with zero attached hydrogens (tertiary/aromatic N) is 1. The number of carbonyl (C=O) groups is 1. The molecule has 104 valence electrons. The second kappa shape index (κ2) is 6.12. The van der Waals surface area contributed by atoms with Crippen molar-refractivity contribution in [2.75, 3.05) is 25.9 Å². The molecule has 1 unspecified atom stereocenters. The Balaban J connectivity index is 1.89. The Morgan fingerprint density at radius 3 is 3.11 bits per heavy atom. The van der Waals surface area contributed by atoms with Crippen molar-refractivity contribution in [2.24, 2.45) is 0 Å². The molecule has 1 aliphatic rings. The van der Waals surface area contributed by atoms with E-state index in [9.17, 15) is 4.79 Å². The first-order valence-electron chi connectivity index (χ1n) is 6.19. The number of rotatable bonds is 3. The number of anilines is 1.